The molecule has 0 N–H and O–H groups in total. The molecular weight excluding hydrogens is 294 g/mol. The summed E-state index contributed by atoms with van der Waals surface area (Å²) in [6.45, 7) is 1.90. The van der Waals surface area contributed by atoms with Crippen molar-refractivity contribution in [3.05, 3.63) is 28.5 Å². The van der Waals surface area contributed by atoms with Crippen LogP contribution in [0, 0.1) is 0 Å². The largest absolute Gasteiger partial charge is 0.340 e. The molecule has 1 aliphatic rings. The zero-order chi connectivity index (χ0) is 13.1. The molecule has 4 nitrogen and oxygen atoms in total. The van der Waals surface area contributed by atoms with E-state index in [1.807, 2.05) is 7.05 Å². The van der Waals surface area contributed by atoms with E-state index in [2.05, 4.69) is 32.9 Å². The van der Waals surface area contributed by atoms with E-state index < -0.39 is 0 Å². The van der Waals surface area contributed by atoms with E-state index in [9.17, 15) is 4.79 Å². The van der Waals surface area contributed by atoms with Gasteiger partial charge < -0.3 is 9.80 Å². The Balaban J connectivity index is 2.03. The van der Waals surface area contributed by atoms with E-state index in [1.165, 1.54) is 12.8 Å². The molecule has 1 atom stereocenters. The van der Waals surface area contributed by atoms with E-state index in [0.29, 0.717) is 16.2 Å². The van der Waals surface area contributed by atoms with Crippen LogP contribution in [0.1, 0.15) is 23.2 Å². The van der Waals surface area contributed by atoms with Crippen molar-refractivity contribution in [2.75, 3.05) is 27.2 Å². The average Bonchev–Trinajstić information content (AvgIpc) is 2.75. The molecule has 1 aromatic rings. The van der Waals surface area contributed by atoms with E-state index in [-0.39, 0.29) is 5.91 Å². The van der Waals surface area contributed by atoms with Crippen molar-refractivity contribution in [3.63, 3.8) is 0 Å². The summed E-state index contributed by atoms with van der Waals surface area (Å²) >= 11 is 3.32. The highest BCUT2D eigenvalue weighted by atomic mass is 79.9. The fourth-order valence-corrected chi connectivity index (χ4v) is 2.78. The molecule has 0 radical (unpaired) electrons. The fourth-order valence-electron chi connectivity index (χ4n) is 2.36. The summed E-state index contributed by atoms with van der Waals surface area (Å²) in [6.07, 6.45) is 4.06. The van der Waals surface area contributed by atoms with Crippen LogP contribution >= 0.6 is 15.9 Å². The Hall–Kier alpha value is -0.940. The van der Waals surface area contributed by atoms with Gasteiger partial charge in [0.15, 0.2) is 0 Å². The summed E-state index contributed by atoms with van der Waals surface area (Å²) in [5, 5.41) is 0. The number of hydrogen-bond donors (Lipinski definition) is 0. The molecule has 0 bridgehead atoms. The predicted molar refractivity (Wildman–Crippen MR) is 74.5 cm³/mol. The normalized spacial score (nSPS) is 20.1. The number of carbonyl (C=O) groups excluding carboxylic acids is 1. The second-order valence-corrected chi connectivity index (χ2v) is 5.56. The Kier molecular flexibility index (Phi) is 4.35. The number of carbonyl (C=O) groups is 1. The van der Waals surface area contributed by atoms with Gasteiger partial charge in [-0.1, -0.05) is 0 Å². The number of hydrogen-bond acceptors (Lipinski definition) is 3. The van der Waals surface area contributed by atoms with Gasteiger partial charge in [-0.2, -0.15) is 0 Å². The molecule has 1 fully saturated rings. The lowest BCUT2D eigenvalue weighted by molar-refractivity contribution is 0.0760. The maximum absolute atomic E-state index is 12.3. The Morgan fingerprint density at radius 1 is 1.67 bits per heavy atom. The highest BCUT2D eigenvalue weighted by Gasteiger charge is 2.24. The second-order valence-electron chi connectivity index (χ2n) is 4.80. The van der Waals surface area contributed by atoms with Gasteiger partial charge in [-0.25, -0.2) is 4.98 Å². The highest BCUT2D eigenvalue weighted by Crippen LogP contribution is 2.18. The zero-order valence-corrected chi connectivity index (χ0v) is 12.4. The van der Waals surface area contributed by atoms with Crippen molar-refractivity contribution in [1.29, 1.82) is 0 Å². The number of nitrogens with zero attached hydrogens (tertiary/aromatic N) is 3. The van der Waals surface area contributed by atoms with E-state index in [1.54, 1.807) is 23.2 Å². The van der Waals surface area contributed by atoms with Crippen LogP contribution in [-0.2, 0) is 0 Å². The van der Waals surface area contributed by atoms with Crippen molar-refractivity contribution in [3.8, 4) is 0 Å². The number of aromatic nitrogens is 1. The standard InChI is InChI=1S/C13H18BrN3O/c1-16-8-4-5-10(16)9-17(2)13(18)11-6-3-7-15-12(11)14/h3,6-7,10H,4-5,8-9H2,1-2H3. The van der Waals surface area contributed by atoms with Crippen molar-refractivity contribution in [2.45, 2.75) is 18.9 Å². The van der Waals surface area contributed by atoms with Crippen molar-refractivity contribution < 1.29 is 4.79 Å². The molecule has 1 saturated heterocycles. The molecule has 5 heteroatoms. The van der Waals surface area contributed by atoms with Gasteiger partial charge in [0, 0.05) is 25.8 Å². The van der Waals surface area contributed by atoms with Crippen molar-refractivity contribution in [1.82, 2.24) is 14.8 Å². The van der Waals surface area contributed by atoms with Gasteiger partial charge in [-0.3, -0.25) is 4.79 Å². The third-order valence-electron chi connectivity index (χ3n) is 3.49. The quantitative estimate of drug-likeness (QED) is 0.801. The molecule has 0 spiro atoms. The molecule has 1 aliphatic heterocycles. The molecule has 1 unspecified atom stereocenters. The summed E-state index contributed by atoms with van der Waals surface area (Å²) in [6, 6.07) is 4.07. The Bertz CT molecular complexity index is 438. The van der Waals surface area contributed by atoms with Crippen LogP contribution in [0.3, 0.4) is 0 Å². The Morgan fingerprint density at radius 2 is 2.44 bits per heavy atom. The lowest BCUT2D eigenvalue weighted by Gasteiger charge is -2.26. The minimum Gasteiger partial charge on any atom is -0.340 e. The molecule has 2 rings (SSSR count). The highest BCUT2D eigenvalue weighted by molar-refractivity contribution is 9.10. The third-order valence-corrected chi connectivity index (χ3v) is 4.12. The Morgan fingerprint density at radius 3 is 3.06 bits per heavy atom. The first kappa shape index (κ1) is 13.5. The van der Waals surface area contributed by atoms with Gasteiger partial charge in [-0.05, 0) is 54.5 Å². The van der Waals surface area contributed by atoms with Crippen LogP contribution in [0.25, 0.3) is 0 Å². The molecule has 1 aromatic heterocycles. The van der Waals surface area contributed by atoms with Gasteiger partial charge in [0.25, 0.3) is 5.91 Å². The Labute approximate surface area is 116 Å². The average molecular weight is 312 g/mol. The minimum absolute atomic E-state index is 0.0234. The minimum atomic E-state index is 0.0234. The molecule has 0 saturated carbocycles. The van der Waals surface area contributed by atoms with Gasteiger partial charge in [0.1, 0.15) is 4.60 Å². The summed E-state index contributed by atoms with van der Waals surface area (Å²) in [5.74, 6) is 0.0234. The number of likely N-dealkylation sites (N-methyl/N-ethyl adjacent to an activating group) is 2. The second kappa shape index (κ2) is 5.80. The first-order chi connectivity index (χ1) is 8.59. The van der Waals surface area contributed by atoms with E-state index in [0.717, 1.165) is 13.1 Å². The zero-order valence-electron chi connectivity index (χ0n) is 10.8. The van der Waals surface area contributed by atoms with Gasteiger partial charge in [0.2, 0.25) is 0 Å². The SMILES string of the molecule is CN(CC1CCCN1C)C(=O)c1cccnc1Br. The molecular formula is C13H18BrN3O. The number of amides is 1. The molecule has 18 heavy (non-hydrogen) atoms. The van der Waals surface area contributed by atoms with Crippen LogP contribution in [0.15, 0.2) is 22.9 Å². The summed E-state index contributed by atoms with van der Waals surface area (Å²) in [4.78, 5) is 20.5. The first-order valence-corrected chi connectivity index (χ1v) is 6.95. The van der Waals surface area contributed by atoms with Crippen LogP contribution in [0.5, 0.6) is 0 Å². The van der Waals surface area contributed by atoms with Gasteiger partial charge in [-0.15, -0.1) is 0 Å². The number of likely N-dealkylation sites (tertiary alicyclic amines) is 1. The predicted octanol–water partition coefficient (Wildman–Crippen LogP) is 2.01. The summed E-state index contributed by atoms with van der Waals surface area (Å²) in [7, 11) is 3.98. The maximum Gasteiger partial charge on any atom is 0.256 e. The summed E-state index contributed by atoms with van der Waals surface area (Å²) in [5.41, 5.74) is 0.626. The molecule has 0 aromatic carbocycles. The van der Waals surface area contributed by atoms with E-state index >= 15 is 0 Å². The monoisotopic (exact) mass is 311 g/mol. The smallest absolute Gasteiger partial charge is 0.256 e. The van der Waals surface area contributed by atoms with Gasteiger partial charge in [0.05, 0.1) is 5.56 Å². The van der Waals surface area contributed by atoms with E-state index in [4.69, 9.17) is 0 Å². The van der Waals surface area contributed by atoms with Gasteiger partial charge >= 0.3 is 0 Å². The van der Waals surface area contributed by atoms with Crippen molar-refractivity contribution in [2.24, 2.45) is 0 Å². The molecule has 98 valence electrons. The molecule has 1 amide bonds. The maximum atomic E-state index is 12.3. The third kappa shape index (κ3) is 2.90. The first-order valence-electron chi connectivity index (χ1n) is 6.16. The number of pyridine rings is 1. The van der Waals surface area contributed by atoms with Crippen LogP contribution in [0.2, 0.25) is 0 Å². The van der Waals surface area contributed by atoms with Crippen LogP contribution in [-0.4, -0.2) is 53.9 Å². The number of rotatable bonds is 3. The van der Waals surface area contributed by atoms with Crippen LogP contribution in [0.4, 0.5) is 0 Å². The van der Waals surface area contributed by atoms with Crippen molar-refractivity contribution >= 4 is 21.8 Å². The van der Waals surface area contributed by atoms with Crippen LogP contribution < -0.4 is 0 Å². The fraction of sp³-hybridized carbons (Fsp3) is 0.538. The molecule has 2 heterocycles. The summed E-state index contributed by atoms with van der Waals surface area (Å²) < 4.78 is 0.613. The number of halogens is 1. The topological polar surface area (TPSA) is 36.4 Å². The lowest BCUT2D eigenvalue weighted by Crippen LogP contribution is -2.39. The molecule has 0 aliphatic carbocycles. The lowest BCUT2D eigenvalue weighted by atomic mass is 10.2.